The van der Waals surface area contributed by atoms with Gasteiger partial charge in [0, 0.05) is 6.04 Å². The first-order valence-electron chi connectivity index (χ1n) is 8.29. The number of carbonyl (C=O) groups is 3. The van der Waals surface area contributed by atoms with Crippen molar-refractivity contribution in [3.05, 3.63) is 12.7 Å². The Bertz CT molecular complexity index is 480. The Morgan fingerprint density at radius 2 is 1.80 bits per heavy atom. The minimum atomic E-state index is -0.935. The Balaban J connectivity index is 5.65. The molecule has 0 heterocycles. The van der Waals surface area contributed by atoms with Gasteiger partial charge in [-0.2, -0.15) is 0 Å². The minimum Gasteiger partial charge on any atom is -0.481 e. The Morgan fingerprint density at radius 3 is 2.16 bits per heavy atom. The SMILES string of the molecule is C=CCOC(=O)N(CC(=O)OC)[C@@H](CC(C(=O)O)C(C)(C)C)C(C)C. The normalized spacial score (nSPS) is 13.7. The zero-order valence-electron chi connectivity index (χ0n) is 16.1. The first-order chi connectivity index (χ1) is 11.4. The van der Waals surface area contributed by atoms with E-state index in [2.05, 4.69) is 11.3 Å². The third-order valence-corrected chi connectivity index (χ3v) is 4.08. The van der Waals surface area contributed by atoms with Crippen LogP contribution in [0.3, 0.4) is 0 Å². The first-order valence-corrected chi connectivity index (χ1v) is 8.29. The van der Waals surface area contributed by atoms with Gasteiger partial charge in [0.05, 0.1) is 13.0 Å². The van der Waals surface area contributed by atoms with E-state index < -0.39 is 35.4 Å². The molecule has 0 rings (SSSR count). The fraction of sp³-hybridized carbons (Fsp3) is 0.722. The van der Waals surface area contributed by atoms with Crippen molar-refractivity contribution >= 4 is 18.0 Å². The van der Waals surface area contributed by atoms with E-state index in [1.165, 1.54) is 18.1 Å². The Hall–Kier alpha value is -2.05. The monoisotopic (exact) mass is 357 g/mol. The second-order valence-corrected chi connectivity index (χ2v) is 7.37. The summed E-state index contributed by atoms with van der Waals surface area (Å²) in [4.78, 5) is 37.1. The second kappa shape index (κ2) is 10.1. The molecule has 0 saturated heterocycles. The molecule has 0 saturated carbocycles. The summed E-state index contributed by atoms with van der Waals surface area (Å²) in [7, 11) is 1.23. The van der Waals surface area contributed by atoms with Gasteiger partial charge in [0.1, 0.15) is 13.2 Å². The third kappa shape index (κ3) is 7.58. The van der Waals surface area contributed by atoms with Crippen molar-refractivity contribution in [3.63, 3.8) is 0 Å². The van der Waals surface area contributed by atoms with Crippen LogP contribution in [0.25, 0.3) is 0 Å². The van der Waals surface area contributed by atoms with Gasteiger partial charge >= 0.3 is 18.0 Å². The lowest BCUT2D eigenvalue weighted by Gasteiger charge is -2.37. The zero-order valence-corrected chi connectivity index (χ0v) is 16.1. The van der Waals surface area contributed by atoms with Crippen LogP contribution in [-0.4, -0.2) is 54.3 Å². The van der Waals surface area contributed by atoms with E-state index in [4.69, 9.17) is 4.74 Å². The van der Waals surface area contributed by atoms with Gasteiger partial charge in [-0.15, -0.1) is 0 Å². The topological polar surface area (TPSA) is 93.1 Å². The molecule has 0 radical (unpaired) electrons. The molecule has 0 aromatic rings. The van der Waals surface area contributed by atoms with Crippen LogP contribution in [0.1, 0.15) is 41.0 Å². The number of nitrogens with zero attached hydrogens (tertiary/aromatic N) is 1. The largest absolute Gasteiger partial charge is 0.481 e. The quantitative estimate of drug-likeness (QED) is 0.504. The molecule has 0 bridgehead atoms. The Kier molecular flexibility index (Phi) is 9.23. The highest BCUT2D eigenvalue weighted by Gasteiger charge is 2.38. The van der Waals surface area contributed by atoms with Crippen molar-refractivity contribution < 1.29 is 29.0 Å². The molecular formula is C18H31NO6. The van der Waals surface area contributed by atoms with E-state index in [9.17, 15) is 19.5 Å². The van der Waals surface area contributed by atoms with Crippen molar-refractivity contribution in [2.45, 2.75) is 47.1 Å². The maximum atomic E-state index is 12.4. The molecule has 0 fully saturated rings. The van der Waals surface area contributed by atoms with E-state index in [1.54, 1.807) is 0 Å². The third-order valence-electron chi connectivity index (χ3n) is 4.08. The lowest BCUT2D eigenvalue weighted by Crippen LogP contribution is -2.49. The molecule has 7 heteroatoms. The molecule has 0 aliphatic heterocycles. The molecule has 0 spiro atoms. The number of esters is 1. The lowest BCUT2D eigenvalue weighted by molar-refractivity contribution is -0.147. The number of carboxylic acid groups (broad SMARTS) is 1. The van der Waals surface area contributed by atoms with Crippen LogP contribution in [0, 0.1) is 17.3 Å². The number of carbonyl (C=O) groups excluding carboxylic acids is 2. The summed E-state index contributed by atoms with van der Waals surface area (Å²) in [6.07, 6.45) is 0.937. The Labute approximate surface area is 150 Å². The number of aliphatic carboxylic acids is 1. The van der Waals surface area contributed by atoms with Gasteiger partial charge in [0.15, 0.2) is 0 Å². The Morgan fingerprint density at radius 1 is 1.24 bits per heavy atom. The average molecular weight is 357 g/mol. The van der Waals surface area contributed by atoms with Gasteiger partial charge in [-0.1, -0.05) is 47.3 Å². The fourth-order valence-corrected chi connectivity index (χ4v) is 2.56. The summed E-state index contributed by atoms with van der Waals surface area (Å²) in [6.45, 7) is 12.4. The van der Waals surface area contributed by atoms with Crippen molar-refractivity contribution in [1.82, 2.24) is 4.90 Å². The van der Waals surface area contributed by atoms with E-state index in [1.807, 2.05) is 34.6 Å². The highest BCUT2D eigenvalue weighted by atomic mass is 16.6. The van der Waals surface area contributed by atoms with Gasteiger partial charge in [-0.25, -0.2) is 4.79 Å². The van der Waals surface area contributed by atoms with Crippen LogP contribution in [0.5, 0.6) is 0 Å². The first kappa shape index (κ1) is 22.9. The summed E-state index contributed by atoms with van der Waals surface area (Å²) in [5, 5.41) is 9.59. The maximum Gasteiger partial charge on any atom is 0.410 e. The predicted molar refractivity (Wildman–Crippen MR) is 94.1 cm³/mol. The van der Waals surface area contributed by atoms with Gasteiger partial charge in [0.2, 0.25) is 0 Å². The number of hydrogen-bond acceptors (Lipinski definition) is 5. The summed E-state index contributed by atoms with van der Waals surface area (Å²) in [5.74, 6) is -2.29. The van der Waals surface area contributed by atoms with Crippen LogP contribution in [0.2, 0.25) is 0 Å². The molecule has 144 valence electrons. The van der Waals surface area contributed by atoms with Gasteiger partial charge < -0.3 is 14.6 Å². The molecule has 2 atom stereocenters. The van der Waals surface area contributed by atoms with E-state index in [0.717, 1.165) is 0 Å². The van der Waals surface area contributed by atoms with Crippen LogP contribution in [0.4, 0.5) is 4.79 Å². The van der Waals surface area contributed by atoms with E-state index in [0.29, 0.717) is 0 Å². The predicted octanol–water partition coefficient (Wildman–Crippen LogP) is 2.95. The molecule has 1 N–H and O–H groups in total. The highest BCUT2D eigenvalue weighted by molar-refractivity contribution is 5.78. The van der Waals surface area contributed by atoms with Crippen LogP contribution in [0.15, 0.2) is 12.7 Å². The second-order valence-electron chi connectivity index (χ2n) is 7.37. The number of carboxylic acids is 1. The number of amides is 1. The smallest absolute Gasteiger partial charge is 0.410 e. The van der Waals surface area contributed by atoms with Crippen molar-refractivity contribution in [3.8, 4) is 0 Å². The molecule has 1 unspecified atom stereocenters. The number of rotatable bonds is 9. The maximum absolute atomic E-state index is 12.4. The minimum absolute atomic E-state index is 0.00293. The molecular weight excluding hydrogens is 326 g/mol. The lowest BCUT2D eigenvalue weighted by atomic mass is 9.75. The van der Waals surface area contributed by atoms with Crippen LogP contribution >= 0.6 is 0 Å². The standard InChI is InChI=1S/C18H31NO6/c1-8-9-25-17(23)19(11-15(20)24-7)14(12(2)3)10-13(16(21)22)18(4,5)6/h8,12-14H,1,9-11H2,2-7H3,(H,21,22)/t13?,14-/m0/s1. The van der Waals surface area contributed by atoms with E-state index in [-0.39, 0.29) is 25.5 Å². The van der Waals surface area contributed by atoms with Crippen LogP contribution < -0.4 is 0 Å². The summed E-state index contributed by atoms with van der Waals surface area (Å²) >= 11 is 0. The van der Waals surface area contributed by atoms with Gasteiger partial charge in [-0.3, -0.25) is 14.5 Å². The molecule has 0 aliphatic carbocycles. The summed E-state index contributed by atoms with van der Waals surface area (Å²) in [5.41, 5.74) is -0.499. The average Bonchev–Trinajstić information content (AvgIpc) is 2.49. The highest BCUT2D eigenvalue weighted by Crippen LogP contribution is 2.33. The molecule has 25 heavy (non-hydrogen) atoms. The molecule has 0 aliphatic rings. The number of ether oxygens (including phenoxy) is 2. The van der Waals surface area contributed by atoms with Crippen LogP contribution in [-0.2, 0) is 19.1 Å². The molecule has 7 nitrogen and oxygen atoms in total. The van der Waals surface area contributed by atoms with E-state index >= 15 is 0 Å². The molecule has 0 aromatic heterocycles. The van der Waals surface area contributed by atoms with Crippen molar-refractivity contribution in [2.75, 3.05) is 20.3 Å². The molecule has 1 amide bonds. The van der Waals surface area contributed by atoms with Gasteiger partial charge in [-0.05, 0) is 17.8 Å². The van der Waals surface area contributed by atoms with Crippen molar-refractivity contribution in [1.29, 1.82) is 0 Å². The number of hydrogen-bond donors (Lipinski definition) is 1. The van der Waals surface area contributed by atoms with Gasteiger partial charge in [0.25, 0.3) is 0 Å². The summed E-state index contributed by atoms with van der Waals surface area (Å²) < 4.78 is 9.73. The number of methoxy groups -OCH3 is 1. The molecule has 0 aromatic carbocycles. The van der Waals surface area contributed by atoms with Crippen molar-refractivity contribution in [2.24, 2.45) is 17.3 Å². The fourth-order valence-electron chi connectivity index (χ4n) is 2.56. The summed E-state index contributed by atoms with van der Waals surface area (Å²) in [6, 6.07) is -0.489. The zero-order chi connectivity index (χ0) is 19.8.